The van der Waals surface area contributed by atoms with E-state index in [1.807, 2.05) is 27.7 Å². The molecule has 1 amide bonds. The Morgan fingerprint density at radius 3 is 2.45 bits per heavy atom. The molecule has 0 bridgehead atoms. The van der Waals surface area contributed by atoms with E-state index in [4.69, 9.17) is 0 Å². The van der Waals surface area contributed by atoms with Crippen LogP contribution in [0.25, 0.3) is 10.2 Å². The molecule has 0 saturated carbocycles. The first-order valence-corrected chi connectivity index (χ1v) is 10.8. The van der Waals surface area contributed by atoms with Gasteiger partial charge in [0.15, 0.2) is 5.71 Å². The maximum Gasteiger partial charge on any atom is 0.432 e. The highest BCUT2D eigenvalue weighted by molar-refractivity contribution is 7.22. The summed E-state index contributed by atoms with van der Waals surface area (Å²) in [5.74, 6) is -2.37. The van der Waals surface area contributed by atoms with Crippen LogP contribution in [-0.4, -0.2) is 46.1 Å². The first-order chi connectivity index (χ1) is 14.3. The highest BCUT2D eigenvalue weighted by atomic mass is 32.1. The van der Waals surface area contributed by atoms with E-state index in [0.29, 0.717) is 18.4 Å². The summed E-state index contributed by atoms with van der Waals surface area (Å²) in [6.45, 7) is 8.15. The van der Waals surface area contributed by atoms with E-state index in [-0.39, 0.29) is 22.3 Å². The lowest BCUT2D eigenvalue weighted by Crippen LogP contribution is -2.58. The van der Waals surface area contributed by atoms with Gasteiger partial charge in [0, 0.05) is 17.3 Å². The zero-order valence-electron chi connectivity index (χ0n) is 17.7. The summed E-state index contributed by atoms with van der Waals surface area (Å²) in [5.41, 5.74) is -0.974. The molecule has 0 radical (unpaired) electrons. The van der Waals surface area contributed by atoms with Crippen molar-refractivity contribution in [3.8, 4) is 0 Å². The van der Waals surface area contributed by atoms with Gasteiger partial charge in [-0.3, -0.25) is 9.79 Å². The number of fused-ring (bicyclic) bond motifs is 1. The van der Waals surface area contributed by atoms with Crippen LogP contribution in [0.4, 0.5) is 18.3 Å². The minimum absolute atomic E-state index is 0.119. The van der Waals surface area contributed by atoms with Gasteiger partial charge in [-0.25, -0.2) is 4.98 Å². The number of halogens is 3. The number of hydrogen-bond donors (Lipinski definition) is 1. The second kappa shape index (κ2) is 7.37. The largest absolute Gasteiger partial charge is 0.432 e. The summed E-state index contributed by atoms with van der Waals surface area (Å²) in [6, 6.07) is 6.93. The molecule has 3 heterocycles. The Morgan fingerprint density at radius 1 is 1.19 bits per heavy atom. The molecular weight excluding hydrogens is 427 g/mol. The molecule has 1 atom stereocenters. The van der Waals surface area contributed by atoms with Crippen LogP contribution in [0.15, 0.2) is 34.4 Å². The SMILES string of the molecule is CC1(C)CC(N=C[C@H]2C(=O)N(c3nc4ccccc4s3)N=C2C(F)(F)F)CC(C)(C)N1. The van der Waals surface area contributed by atoms with Gasteiger partial charge in [-0.1, -0.05) is 23.5 Å². The zero-order chi connectivity index (χ0) is 22.6. The van der Waals surface area contributed by atoms with Crippen LogP contribution in [0, 0.1) is 5.92 Å². The second-order valence-corrected chi connectivity index (χ2v) is 10.3. The summed E-state index contributed by atoms with van der Waals surface area (Å²) >= 11 is 1.13. The lowest BCUT2D eigenvalue weighted by Gasteiger charge is -2.45. The number of aromatic nitrogens is 1. The number of carbonyl (C=O) groups excluding carboxylic acids is 1. The van der Waals surface area contributed by atoms with Gasteiger partial charge in [0.2, 0.25) is 5.13 Å². The Kier molecular flexibility index (Phi) is 5.20. The lowest BCUT2D eigenvalue weighted by molar-refractivity contribution is -0.119. The minimum Gasteiger partial charge on any atom is -0.307 e. The summed E-state index contributed by atoms with van der Waals surface area (Å²) in [4.78, 5) is 21.7. The van der Waals surface area contributed by atoms with E-state index >= 15 is 0 Å². The number of nitrogens with zero attached hydrogens (tertiary/aromatic N) is 4. The molecule has 4 rings (SSSR count). The van der Waals surface area contributed by atoms with Crippen molar-refractivity contribution in [1.29, 1.82) is 0 Å². The molecular formula is C21H24F3N5OS. The number of anilines is 1. The predicted octanol–water partition coefficient (Wildman–Crippen LogP) is 4.56. The second-order valence-electron chi connectivity index (χ2n) is 9.33. The third-order valence-electron chi connectivity index (χ3n) is 5.35. The Morgan fingerprint density at radius 2 is 1.84 bits per heavy atom. The van der Waals surface area contributed by atoms with Crippen LogP contribution in [0.3, 0.4) is 0 Å². The molecule has 0 aliphatic carbocycles. The molecule has 2 aliphatic heterocycles. The van der Waals surface area contributed by atoms with Gasteiger partial charge in [0.05, 0.1) is 16.3 Å². The van der Waals surface area contributed by atoms with Gasteiger partial charge in [0.1, 0.15) is 5.92 Å². The van der Waals surface area contributed by atoms with Crippen molar-refractivity contribution in [1.82, 2.24) is 10.3 Å². The highest BCUT2D eigenvalue weighted by Gasteiger charge is 2.50. The van der Waals surface area contributed by atoms with Crippen LogP contribution in [0.2, 0.25) is 0 Å². The quantitative estimate of drug-likeness (QED) is 0.696. The molecule has 6 nitrogen and oxygen atoms in total. The molecule has 1 aromatic heterocycles. The third kappa shape index (κ3) is 4.50. The average molecular weight is 452 g/mol. The Hall–Kier alpha value is -2.33. The highest BCUT2D eigenvalue weighted by Crippen LogP contribution is 2.36. The van der Waals surface area contributed by atoms with Crippen LogP contribution in [0.1, 0.15) is 40.5 Å². The monoisotopic (exact) mass is 451 g/mol. The first kappa shape index (κ1) is 21.9. The van der Waals surface area contributed by atoms with Gasteiger partial charge < -0.3 is 5.32 Å². The zero-order valence-corrected chi connectivity index (χ0v) is 18.5. The Labute approximate surface area is 182 Å². The Balaban J connectivity index is 1.63. The molecule has 2 aromatic rings. The lowest BCUT2D eigenvalue weighted by atomic mass is 9.80. The number of piperidine rings is 1. The number of amides is 1. The van der Waals surface area contributed by atoms with Crippen LogP contribution < -0.4 is 10.3 Å². The standard InChI is InChI=1S/C21H24F3N5OS/c1-19(2)9-12(10-20(3,4)28-19)25-11-13-16(21(22,23)24)27-29(17(13)30)18-26-14-7-5-6-8-15(14)31-18/h5-8,11-13,28H,9-10H2,1-4H3/t13-/m1/s1. The molecule has 2 aliphatic rings. The molecule has 0 unspecified atom stereocenters. The van der Waals surface area contributed by atoms with E-state index in [0.717, 1.165) is 27.3 Å². The molecule has 1 saturated heterocycles. The molecule has 1 fully saturated rings. The number of rotatable bonds is 3. The number of aliphatic imine (C=N–C) groups is 1. The van der Waals surface area contributed by atoms with Crippen molar-refractivity contribution < 1.29 is 18.0 Å². The van der Waals surface area contributed by atoms with Crippen molar-refractivity contribution in [2.45, 2.75) is 63.8 Å². The fourth-order valence-electron chi connectivity index (χ4n) is 4.50. The van der Waals surface area contributed by atoms with Gasteiger partial charge in [-0.15, -0.1) is 0 Å². The van der Waals surface area contributed by atoms with Gasteiger partial charge in [-0.05, 0) is 52.7 Å². The van der Waals surface area contributed by atoms with Crippen molar-refractivity contribution in [3.63, 3.8) is 0 Å². The van der Waals surface area contributed by atoms with E-state index in [1.165, 1.54) is 0 Å². The first-order valence-electron chi connectivity index (χ1n) is 10.0. The van der Waals surface area contributed by atoms with Crippen molar-refractivity contribution in [2.75, 3.05) is 5.01 Å². The molecule has 1 N–H and O–H groups in total. The molecule has 31 heavy (non-hydrogen) atoms. The number of hydrogen-bond acceptors (Lipinski definition) is 6. The number of hydrazone groups is 1. The number of thiazole rings is 1. The van der Waals surface area contributed by atoms with E-state index in [2.05, 4.69) is 20.4 Å². The fourth-order valence-corrected chi connectivity index (χ4v) is 5.43. The summed E-state index contributed by atoms with van der Waals surface area (Å²) in [5, 5.41) is 8.02. The topological polar surface area (TPSA) is 70.0 Å². The van der Waals surface area contributed by atoms with E-state index < -0.39 is 23.7 Å². The Bertz CT molecular complexity index is 1020. The van der Waals surface area contributed by atoms with Gasteiger partial charge >= 0.3 is 6.18 Å². The summed E-state index contributed by atoms with van der Waals surface area (Å²) < 4.78 is 41.8. The fraction of sp³-hybridized carbons (Fsp3) is 0.524. The van der Waals surface area contributed by atoms with Crippen LogP contribution in [0.5, 0.6) is 0 Å². The minimum atomic E-state index is -4.75. The normalized spacial score (nSPS) is 24.4. The molecule has 10 heteroatoms. The summed E-state index contributed by atoms with van der Waals surface area (Å²) in [7, 11) is 0. The molecule has 166 valence electrons. The van der Waals surface area contributed by atoms with Crippen LogP contribution >= 0.6 is 11.3 Å². The van der Waals surface area contributed by atoms with Crippen molar-refractivity contribution >= 4 is 44.5 Å². The van der Waals surface area contributed by atoms with Crippen molar-refractivity contribution in [3.05, 3.63) is 24.3 Å². The number of benzene rings is 1. The smallest absolute Gasteiger partial charge is 0.307 e. The third-order valence-corrected chi connectivity index (χ3v) is 6.36. The maximum atomic E-state index is 13.7. The molecule has 0 spiro atoms. The van der Waals surface area contributed by atoms with Crippen molar-refractivity contribution in [2.24, 2.45) is 16.0 Å². The molecule has 1 aromatic carbocycles. The number of carbonyl (C=O) groups is 1. The average Bonchev–Trinajstić information content (AvgIpc) is 3.17. The number of para-hydroxylation sites is 1. The van der Waals surface area contributed by atoms with Crippen LogP contribution in [-0.2, 0) is 4.79 Å². The number of nitrogens with one attached hydrogen (secondary N) is 1. The van der Waals surface area contributed by atoms with Gasteiger partial charge in [-0.2, -0.15) is 23.3 Å². The number of alkyl halides is 3. The maximum absolute atomic E-state index is 13.7. The van der Waals surface area contributed by atoms with E-state index in [1.54, 1.807) is 24.3 Å². The summed E-state index contributed by atoms with van der Waals surface area (Å²) in [6.07, 6.45) is -2.30. The predicted molar refractivity (Wildman–Crippen MR) is 117 cm³/mol. The van der Waals surface area contributed by atoms with Gasteiger partial charge in [0.25, 0.3) is 5.91 Å². The van der Waals surface area contributed by atoms with E-state index in [9.17, 15) is 18.0 Å².